The van der Waals surface area contributed by atoms with Gasteiger partial charge >= 0.3 is 11.8 Å². The van der Waals surface area contributed by atoms with E-state index in [1.165, 1.54) is 6.21 Å². The third-order valence-corrected chi connectivity index (χ3v) is 3.28. The molecule has 2 aromatic rings. The molecule has 2 N–H and O–H groups in total. The summed E-state index contributed by atoms with van der Waals surface area (Å²) in [6.45, 7) is 0. The molecule has 2 amide bonds. The number of nitrogens with zero attached hydrogens (tertiary/aromatic N) is 1. The maximum Gasteiger partial charge on any atom is 0.329 e. The van der Waals surface area contributed by atoms with Gasteiger partial charge in [-0.1, -0.05) is 22.0 Å². The van der Waals surface area contributed by atoms with Crippen LogP contribution in [-0.4, -0.2) is 25.1 Å². The van der Waals surface area contributed by atoms with Crippen molar-refractivity contribution in [3.63, 3.8) is 0 Å². The lowest BCUT2D eigenvalue weighted by molar-refractivity contribution is -0.136. The minimum atomic E-state index is -0.852. The van der Waals surface area contributed by atoms with E-state index in [0.29, 0.717) is 5.69 Å². The van der Waals surface area contributed by atoms with Crippen molar-refractivity contribution >= 4 is 39.6 Å². The molecule has 2 aromatic carbocycles. The van der Waals surface area contributed by atoms with Crippen molar-refractivity contribution in [1.82, 2.24) is 5.43 Å². The van der Waals surface area contributed by atoms with Gasteiger partial charge in [0.05, 0.1) is 13.3 Å². The molecule has 0 atom stereocenters. The number of ether oxygens (including phenoxy) is 1. The average Bonchev–Trinajstić information content (AvgIpc) is 2.55. The number of hydrogen-bond donors (Lipinski definition) is 2. The molecule has 6 nitrogen and oxygen atoms in total. The van der Waals surface area contributed by atoms with Crippen molar-refractivity contribution in [1.29, 1.82) is 0 Å². The van der Waals surface area contributed by atoms with Gasteiger partial charge < -0.3 is 10.1 Å². The first-order valence-corrected chi connectivity index (χ1v) is 7.42. The Morgan fingerprint density at radius 1 is 1.13 bits per heavy atom. The van der Waals surface area contributed by atoms with E-state index < -0.39 is 11.8 Å². The predicted molar refractivity (Wildman–Crippen MR) is 91.5 cm³/mol. The number of carbonyl (C=O) groups excluding carboxylic acids is 2. The summed E-state index contributed by atoms with van der Waals surface area (Å²) in [5.41, 5.74) is 3.45. The smallest absolute Gasteiger partial charge is 0.329 e. The van der Waals surface area contributed by atoms with Crippen LogP contribution in [-0.2, 0) is 9.59 Å². The number of amides is 2. The molecular weight excluding hydrogens is 362 g/mol. The van der Waals surface area contributed by atoms with Crippen molar-refractivity contribution in [3.8, 4) is 5.75 Å². The normalized spacial score (nSPS) is 10.3. The summed E-state index contributed by atoms with van der Waals surface area (Å²) < 4.78 is 5.84. The minimum Gasteiger partial charge on any atom is -0.497 e. The average molecular weight is 376 g/mol. The fraction of sp³-hybridized carbons (Fsp3) is 0.0625. The van der Waals surface area contributed by atoms with Crippen LogP contribution in [0.15, 0.2) is 58.1 Å². The Hall–Kier alpha value is -2.67. The molecular formula is C16H14BrN3O3. The molecule has 0 spiro atoms. The van der Waals surface area contributed by atoms with Gasteiger partial charge in [0.25, 0.3) is 0 Å². The van der Waals surface area contributed by atoms with Crippen LogP contribution in [0, 0.1) is 0 Å². The zero-order chi connectivity index (χ0) is 16.7. The molecule has 0 aliphatic carbocycles. The van der Waals surface area contributed by atoms with Gasteiger partial charge in [0.15, 0.2) is 0 Å². The molecule has 23 heavy (non-hydrogen) atoms. The first-order valence-electron chi connectivity index (χ1n) is 6.62. The number of carbonyl (C=O) groups is 2. The second-order valence-corrected chi connectivity index (χ2v) is 5.35. The summed E-state index contributed by atoms with van der Waals surface area (Å²) in [5.74, 6) is -0.927. The van der Waals surface area contributed by atoms with E-state index >= 15 is 0 Å². The van der Waals surface area contributed by atoms with Crippen LogP contribution in [0.5, 0.6) is 5.75 Å². The zero-order valence-electron chi connectivity index (χ0n) is 12.2. The lowest BCUT2D eigenvalue weighted by atomic mass is 10.2. The van der Waals surface area contributed by atoms with E-state index in [2.05, 4.69) is 31.8 Å². The number of halogens is 1. The molecule has 0 bridgehead atoms. The van der Waals surface area contributed by atoms with Crippen molar-refractivity contribution in [2.75, 3.05) is 12.4 Å². The zero-order valence-corrected chi connectivity index (χ0v) is 13.8. The molecule has 0 unspecified atom stereocenters. The van der Waals surface area contributed by atoms with Crippen molar-refractivity contribution < 1.29 is 14.3 Å². The molecule has 0 aromatic heterocycles. The molecule has 0 fully saturated rings. The topological polar surface area (TPSA) is 79.8 Å². The molecule has 0 radical (unpaired) electrons. The van der Waals surface area contributed by atoms with Gasteiger partial charge in [-0.05, 0) is 48.0 Å². The largest absolute Gasteiger partial charge is 0.497 e. The summed E-state index contributed by atoms with van der Waals surface area (Å²) in [4.78, 5) is 23.4. The third-order valence-electron chi connectivity index (χ3n) is 2.78. The number of hydrogen-bond acceptors (Lipinski definition) is 4. The Bertz CT molecular complexity index is 730. The van der Waals surface area contributed by atoms with Crippen molar-refractivity contribution in [2.45, 2.75) is 0 Å². The Labute approximate surface area is 141 Å². The monoisotopic (exact) mass is 375 g/mol. The Morgan fingerprint density at radius 2 is 1.87 bits per heavy atom. The molecule has 0 aliphatic rings. The SMILES string of the molecule is COc1ccc(C=NNC(=O)C(=O)Nc2cccc(Br)c2)cc1. The Kier molecular flexibility index (Phi) is 5.87. The summed E-state index contributed by atoms with van der Waals surface area (Å²) >= 11 is 3.28. The standard InChI is InChI=1S/C16H14BrN3O3/c1-23-14-7-5-11(6-8-14)10-18-20-16(22)15(21)19-13-4-2-3-12(17)9-13/h2-10H,1H3,(H,19,21)(H,20,22). The summed E-state index contributed by atoms with van der Waals surface area (Å²) in [6.07, 6.45) is 1.43. The number of anilines is 1. The fourth-order valence-corrected chi connectivity index (χ4v) is 2.06. The number of rotatable bonds is 4. The molecule has 0 heterocycles. The highest BCUT2D eigenvalue weighted by atomic mass is 79.9. The number of hydrazone groups is 1. The highest BCUT2D eigenvalue weighted by Gasteiger charge is 2.12. The minimum absolute atomic E-state index is 0.513. The van der Waals surface area contributed by atoms with Gasteiger partial charge in [0.2, 0.25) is 0 Å². The highest BCUT2D eigenvalue weighted by Crippen LogP contribution is 2.15. The first kappa shape index (κ1) is 16.7. The molecule has 2 rings (SSSR count). The summed E-state index contributed by atoms with van der Waals surface area (Å²) in [7, 11) is 1.58. The van der Waals surface area contributed by atoms with Crippen LogP contribution in [0.3, 0.4) is 0 Å². The van der Waals surface area contributed by atoms with E-state index in [1.807, 2.05) is 6.07 Å². The summed E-state index contributed by atoms with van der Waals surface area (Å²) in [6, 6.07) is 14.0. The maximum absolute atomic E-state index is 11.7. The first-order chi connectivity index (χ1) is 11.1. The lowest BCUT2D eigenvalue weighted by Crippen LogP contribution is -2.32. The van der Waals surface area contributed by atoms with Gasteiger partial charge in [-0.25, -0.2) is 5.43 Å². The van der Waals surface area contributed by atoms with Crippen LogP contribution in [0.1, 0.15) is 5.56 Å². The Morgan fingerprint density at radius 3 is 2.52 bits per heavy atom. The fourth-order valence-electron chi connectivity index (χ4n) is 1.66. The molecule has 0 aliphatic heterocycles. The van der Waals surface area contributed by atoms with Gasteiger partial charge in [0.1, 0.15) is 5.75 Å². The van der Waals surface area contributed by atoms with E-state index in [1.54, 1.807) is 49.6 Å². The van der Waals surface area contributed by atoms with E-state index in [0.717, 1.165) is 15.8 Å². The number of methoxy groups -OCH3 is 1. The van der Waals surface area contributed by atoms with Crippen LogP contribution in [0.25, 0.3) is 0 Å². The predicted octanol–water partition coefficient (Wildman–Crippen LogP) is 2.55. The van der Waals surface area contributed by atoms with E-state index in [9.17, 15) is 9.59 Å². The van der Waals surface area contributed by atoms with Crippen LogP contribution < -0.4 is 15.5 Å². The summed E-state index contributed by atoms with van der Waals surface area (Å²) in [5, 5.41) is 6.22. The van der Waals surface area contributed by atoms with Crippen molar-refractivity contribution in [2.24, 2.45) is 5.10 Å². The molecule has 0 saturated carbocycles. The van der Waals surface area contributed by atoms with E-state index in [4.69, 9.17) is 4.74 Å². The molecule has 118 valence electrons. The second-order valence-electron chi connectivity index (χ2n) is 4.44. The maximum atomic E-state index is 11.7. The van der Waals surface area contributed by atoms with Gasteiger partial charge in [-0.2, -0.15) is 5.10 Å². The van der Waals surface area contributed by atoms with Crippen LogP contribution in [0.4, 0.5) is 5.69 Å². The molecule has 7 heteroatoms. The quantitative estimate of drug-likeness (QED) is 0.489. The van der Waals surface area contributed by atoms with Crippen molar-refractivity contribution in [3.05, 3.63) is 58.6 Å². The number of benzene rings is 2. The Balaban J connectivity index is 1.88. The molecule has 0 saturated heterocycles. The van der Waals surface area contributed by atoms with Crippen LogP contribution in [0.2, 0.25) is 0 Å². The highest BCUT2D eigenvalue weighted by molar-refractivity contribution is 9.10. The van der Waals surface area contributed by atoms with Gasteiger partial charge in [-0.3, -0.25) is 9.59 Å². The van der Waals surface area contributed by atoms with E-state index in [-0.39, 0.29) is 0 Å². The third kappa shape index (κ3) is 5.23. The second kappa shape index (κ2) is 8.09. The van der Waals surface area contributed by atoms with Gasteiger partial charge in [-0.15, -0.1) is 0 Å². The van der Waals surface area contributed by atoms with Crippen LogP contribution >= 0.6 is 15.9 Å². The number of nitrogens with one attached hydrogen (secondary N) is 2. The lowest BCUT2D eigenvalue weighted by Gasteiger charge is -2.04. The van der Waals surface area contributed by atoms with Gasteiger partial charge in [0, 0.05) is 10.2 Å².